The van der Waals surface area contributed by atoms with Crippen LogP contribution in [-0.4, -0.2) is 18.6 Å². The normalized spacial score (nSPS) is 10.9. The quantitative estimate of drug-likeness (QED) is 0.792. The molecule has 2 aromatic heterocycles. The number of nitrogens with zero attached hydrogens (tertiary/aromatic N) is 2. The molecule has 1 N–H and O–H groups in total. The van der Waals surface area contributed by atoms with Gasteiger partial charge < -0.3 is 14.6 Å². The summed E-state index contributed by atoms with van der Waals surface area (Å²) in [6.45, 7) is 8.83. The third kappa shape index (κ3) is 4.60. The van der Waals surface area contributed by atoms with Gasteiger partial charge in [0.2, 0.25) is 0 Å². The fourth-order valence-electron chi connectivity index (χ4n) is 2.31. The van der Waals surface area contributed by atoms with Crippen molar-refractivity contribution < 1.29 is 4.42 Å². The van der Waals surface area contributed by atoms with Crippen molar-refractivity contribution in [3.05, 3.63) is 47.0 Å². The highest BCUT2D eigenvalue weighted by atomic mass is 16.3. The lowest BCUT2D eigenvalue weighted by Crippen LogP contribution is -2.19. The second-order valence-electron chi connectivity index (χ2n) is 5.52. The summed E-state index contributed by atoms with van der Waals surface area (Å²) in [5, 5.41) is 3.43. The fourth-order valence-corrected chi connectivity index (χ4v) is 2.31. The van der Waals surface area contributed by atoms with Crippen molar-refractivity contribution in [2.45, 2.75) is 40.3 Å². The Hall–Kier alpha value is -1.81. The summed E-state index contributed by atoms with van der Waals surface area (Å²) in [5.74, 6) is 2.89. The minimum absolute atomic E-state index is 0.728. The van der Waals surface area contributed by atoms with Gasteiger partial charge in [-0.1, -0.05) is 6.92 Å². The van der Waals surface area contributed by atoms with Crippen molar-refractivity contribution in [1.29, 1.82) is 0 Å². The van der Waals surface area contributed by atoms with E-state index in [-0.39, 0.29) is 0 Å². The van der Waals surface area contributed by atoms with Crippen LogP contribution < -0.4 is 10.2 Å². The van der Waals surface area contributed by atoms with Crippen LogP contribution in [0.4, 0.5) is 5.82 Å². The number of anilines is 1. The summed E-state index contributed by atoms with van der Waals surface area (Å²) >= 11 is 0. The molecule has 0 amide bonds. The Kier molecular flexibility index (Phi) is 5.39. The molecule has 0 aliphatic carbocycles. The third-order valence-corrected chi connectivity index (χ3v) is 3.34. The van der Waals surface area contributed by atoms with E-state index in [0.717, 1.165) is 49.1 Å². The first-order valence-electron chi connectivity index (χ1n) is 7.53. The molecule has 2 heterocycles. The monoisotopic (exact) mass is 287 g/mol. The molecule has 0 spiro atoms. The zero-order chi connectivity index (χ0) is 15.2. The molecule has 21 heavy (non-hydrogen) atoms. The Morgan fingerprint density at radius 1 is 1.24 bits per heavy atom. The van der Waals surface area contributed by atoms with Gasteiger partial charge >= 0.3 is 0 Å². The molecule has 0 saturated carbocycles. The van der Waals surface area contributed by atoms with E-state index < -0.39 is 0 Å². The highest BCUT2D eigenvalue weighted by molar-refractivity contribution is 5.42. The zero-order valence-electron chi connectivity index (χ0n) is 13.4. The Labute approximate surface area is 127 Å². The molecule has 0 aliphatic heterocycles. The van der Waals surface area contributed by atoms with Crippen molar-refractivity contribution in [1.82, 2.24) is 10.3 Å². The maximum Gasteiger partial charge on any atom is 0.129 e. The number of nitrogens with one attached hydrogen (secondary N) is 1. The first-order valence-corrected chi connectivity index (χ1v) is 7.53. The van der Waals surface area contributed by atoms with E-state index >= 15 is 0 Å². The predicted molar refractivity (Wildman–Crippen MR) is 86.5 cm³/mol. The Morgan fingerprint density at radius 3 is 2.71 bits per heavy atom. The van der Waals surface area contributed by atoms with Crippen LogP contribution in [0.15, 0.2) is 28.7 Å². The highest BCUT2D eigenvalue weighted by Crippen LogP contribution is 2.17. The summed E-state index contributed by atoms with van der Waals surface area (Å²) in [4.78, 5) is 6.74. The number of hydrogen-bond acceptors (Lipinski definition) is 4. The van der Waals surface area contributed by atoms with E-state index in [9.17, 15) is 0 Å². The minimum atomic E-state index is 0.728. The molecule has 0 aromatic carbocycles. The molecule has 0 saturated heterocycles. The van der Waals surface area contributed by atoms with Crippen LogP contribution in [0.25, 0.3) is 0 Å². The molecule has 0 aliphatic rings. The molecular weight excluding hydrogens is 262 g/mol. The van der Waals surface area contributed by atoms with Crippen molar-refractivity contribution in [3.63, 3.8) is 0 Å². The number of aromatic nitrogens is 1. The van der Waals surface area contributed by atoms with Gasteiger partial charge in [0, 0.05) is 19.3 Å². The summed E-state index contributed by atoms with van der Waals surface area (Å²) in [7, 11) is 2.04. The average molecular weight is 287 g/mol. The standard InChI is InChI=1S/C17H25N3O/c1-5-8-18-11-15-9-13(2)19-17(10-15)20(4)12-16-7-6-14(3)21-16/h6-7,9-10,18H,5,8,11-12H2,1-4H3. The number of rotatable bonds is 7. The molecule has 0 fully saturated rings. The van der Waals surface area contributed by atoms with Gasteiger partial charge in [0.15, 0.2) is 0 Å². The largest absolute Gasteiger partial charge is 0.464 e. The maximum atomic E-state index is 5.63. The molecule has 0 unspecified atom stereocenters. The lowest BCUT2D eigenvalue weighted by atomic mass is 10.2. The average Bonchev–Trinajstić information content (AvgIpc) is 2.84. The summed E-state index contributed by atoms with van der Waals surface area (Å²) in [5.41, 5.74) is 2.32. The second kappa shape index (κ2) is 7.27. The van der Waals surface area contributed by atoms with Gasteiger partial charge in [-0.05, 0) is 56.6 Å². The number of hydrogen-bond donors (Lipinski definition) is 1. The van der Waals surface area contributed by atoms with Gasteiger partial charge in [-0.25, -0.2) is 4.98 Å². The Morgan fingerprint density at radius 2 is 2.05 bits per heavy atom. The van der Waals surface area contributed by atoms with Crippen LogP contribution in [0.3, 0.4) is 0 Å². The molecule has 0 bridgehead atoms. The summed E-state index contributed by atoms with van der Waals surface area (Å²) in [6, 6.07) is 8.29. The van der Waals surface area contributed by atoms with Gasteiger partial charge in [0.25, 0.3) is 0 Å². The molecule has 4 heteroatoms. The SMILES string of the molecule is CCCNCc1cc(C)nc(N(C)Cc2ccc(C)o2)c1. The van der Waals surface area contributed by atoms with Crippen LogP contribution >= 0.6 is 0 Å². The fraction of sp³-hybridized carbons (Fsp3) is 0.471. The predicted octanol–water partition coefficient (Wildman–Crippen LogP) is 3.43. The van der Waals surface area contributed by atoms with Gasteiger partial charge in [-0.2, -0.15) is 0 Å². The van der Waals surface area contributed by atoms with Crippen molar-refractivity contribution in [3.8, 4) is 0 Å². The molecule has 2 aromatic rings. The topological polar surface area (TPSA) is 41.3 Å². The van der Waals surface area contributed by atoms with Crippen LogP contribution in [0.1, 0.15) is 36.1 Å². The van der Waals surface area contributed by atoms with Gasteiger partial charge in [-0.3, -0.25) is 0 Å². The molecule has 0 atom stereocenters. The van der Waals surface area contributed by atoms with E-state index in [2.05, 4.69) is 34.3 Å². The lowest BCUT2D eigenvalue weighted by Gasteiger charge is -2.18. The van der Waals surface area contributed by atoms with Crippen LogP contribution in [0.5, 0.6) is 0 Å². The van der Waals surface area contributed by atoms with Crippen molar-refractivity contribution >= 4 is 5.82 Å². The Balaban J connectivity index is 2.07. The first kappa shape index (κ1) is 15.6. The van der Waals surface area contributed by atoms with E-state index in [0.29, 0.717) is 0 Å². The number of aryl methyl sites for hydroxylation is 2. The highest BCUT2D eigenvalue weighted by Gasteiger charge is 2.08. The zero-order valence-corrected chi connectivity index (χ0v) is 13.4. The van der Waals surface area contributed by atoms with Gasteiger partial charge in [0.05, 0.1) is 6.54 Å². The molecule has 4 nitrogen and oxygen atoms in total. The molecule has 114 valence electrons. The summed E-state index contributed by atoms with van der Waals surface area (Å²) < 4.78 is 5.63. The minimum Gasteiger partial charge on any atom is -0.464 e. The Bertz CT molecular complexity index is 577. The molecule has 2 rings (SSSR count). The molecular formula is C17H25N3O. The number of pyridine rings is 1. The maximum absolute atomic E-state index is 5.63. The molecule has 0 radical (unpaired) electrons. The smallest absolute Gasteiger partial charge is 0.129 e. The first-order chi connectivity index (χ1) is 10.1. The van der Waals surface area contributed by atoms with Crippen LogP contribution in [0, 0.1) is 13.8 Å². The second-order valence-corrected chi connectivity index (χ2v) is 5.52. The van der Waals surface area contributed by atoms with Crippen molar-refractivity contribution in [2.75, 3.05) is 18.5 Å². The van der Waals surface area contributed by atoms with Crippen molar-refractivity contribution in [2.24, 2.45) is 0 Å². The van der Waals surface area contributed by atoms with Crippen LogP contribution in [0.2, 0.25) is 0 Å². The lowest BCUT2D eigenvalue weighted by molar-refractivity contribution is 0.481. The summed E-state index contributed by atoms with van der Waals surface area (Å²) in [6.07, 6.45) is 1.15. The van der Waals surface area contributed by atoms with E-state index in [1.165, 1.54) is 5.56 Å². The van der Waals surface area contributed by atoms with Gasteiger partial charge in [0.1, 0.15) is 17.3 Å². The van der Waals surface area contributed by atoms with Crippen LogP contribution in [-0.2, 0) is 13.1 Å². The number of furan rings is 1. The van der Waals surface area contributed by atoms with E-state index in [1.54, 1.807) is 0 Å². The third-order valence-electron chi connectivity index (χ3n) is 3.34. The van der Waals surface area contributed by atoms with Gasteiger partial charge in [-0.15, -0.1) is 0 Å². The van der Waals surface area contributed by atoms with E-state index in [1.807, 2.05) is 33.0 Å². The van der Waals surface area contributed by atoms with E-state index in [4.69, 9.17) is 4.42 Å².